The molecular weight excluding hydrogens is 1010 g/mol. The van der Waals surface area contributed by atoms with Crippen LogP contribution in [0.25, 0.3) is 0 Å². The zero-order valence-electron chi connectivity index (χ0n) is 26.4. The number of hydrogen-bond donors (Lipinski definition) is 2. The van der Waals surface area contributed by atoms with Crippen LogP contribution in [0, 0.1) is 34.4 Å². The molecule has 7 rings (SSSR count). The zero-order chi connectivity index (χ0) is 35.7. The minimum Gasteiger partial charge on any atom is -0.490 e. The second-order valence-electron chi connectivity index (χ2n) is 12.5. The molecule has 4 aliphatic rings. The van der Waals surface area contributed by atoms with Crippen molar-refractivity contribution in [2.24, 2.45) is 23.7 Å². The largest absolute Gasteiger partial charge is 0.490 e. The van der Waals surface area contributed by atoms with Crippen LogP contribution in [-0.2, 0) is 29.2 Å². The lowest BCUT2D eigenvalue weighted by Gasteiger charge is -2.57. The summed E-state index contributed by atoms with van der Waals surface area (Å²) in [6, 6.07) is 15.6. The fourth-order valence-electron chi connectivity index (χ4n) is 8.02. The second-order valence-corrected chi connectivity index (χ2v) is 17.4. The molecule has 2 saturated carbocycles. The lowest BCUT2D eigenvalue weighted by Crippen LogP contribution is -2.55. The Morgan fingerprint density at radius 1 is 0.720 bits per heavy atom. The van der Waals surface area contributed by atoms with E-state index in [0.29, 0.717) is 22.2 Å². The van der Waals surface area contributed by atoms with Gasteiger partial charge in [0.15, 0.2) is 0 Å². The van der Waals surface area contributed by atoms with E-state index in [0.717, 1.165) is 36.8 Å². The number of halogens is 3. The van der Waals surface area contributed by atoms with Gasteiger partial charge in [-0.1, -0.05) is 37.1 Å². The van der Waals surface area contributed by atoms with Crippen molar-refractivity contribution < 1.29 is 51.4 Å². The van der Waals surface area contributed by atoms with E-state index >= 15 is 0 Å². The van der Waals surface area contributed by atoms with E-state index in [1.165, 1.54) is 24.3 Å². The van der Waals surface area contributed by atoms with E-state index < -0.39 is 39.9 Å². The Hall–Kier alpha value is -2.23. The first-order valence-corrected chi connectivity index (χ1v) is 20.7. The molecule has 6 atom stereocenters. The number of esters is 2. The highest BCUT2D eigenvalue weighted by Gasteiger charge is 2.61. The van der Waals surface area contributed by atoms with Crippen LogP contribution >= 0.6 is 67.8 Å². The molecule has 3 aromatic rings. The fourth-order valence-corrected chi connectivity index (χ4v) is 12.7. The van der Waals surface area contributed by atoms with Gasteiger partial charge in [-0.2, -0.15) is 8.42 Å². The summed E-state index contributed by atoms with van der Waals surface area (Å²) in [5.74, 6) is -2.56. The standard InChI is InChI=1S/C35H33I3O11S/c36-24-15-18(33(39)40)9-10-27(24)47-12-14-49-35(42)31-29-22-7-3-1-5-20(22)28(21-6-2-4-8-23(21)29)30(31)34(41)48-13-11-46-19-16-25(37)32(26(38)17-19)50(43,44)45/h1,3,5,7,9-10,15-17,21,23,28-31H,2,4,6,8,11-14H2,(H,39,40)(H,43,44,45). The van der Waals surface area contributed by atoms with Crippen LogP contribution in [0.4, 0.5) is 0 Å². The van der Waals surface area contributed by atoms with Gasteiger partial charge in [-0.3, -0.25) is 14.1 Å². The summed E-state index contributed by atoms with van der Waals surface area (Å²) < 4.78 is 57.4. The highest BCUT2D eigenvalue weighted by molar-refractivity contribution is 14.1. The van der Waals surface area contributed by atoms with Crippen LogP contribution in [0.1, 0.15) is 59.0 Å². The average molecular weight is 1040 g/mol. The van der Waals surface area contributed by atoms with Gasteiger partial charge in [0.05, 0.1) is 21.0 Å². The van der Waals surface area contributed by atoms with Crippen molar-refractivity contribution in [1.29, 1.82) is 0 Å². The first-order chi connectivity index (χ1) is 23.9. The molecule has 3 aromatic carbocycles. The van der Waals surface area contributed by atoms with Crippen LogP contribution in [0.5, 0.6) is 11.5 Å². The Balaban J connectivity index is 1.17. The average Bonchev–Trinajstić information content (AvgIpc) is 3.07. The van der Waals surface area contributed by atoms with Crippen LogP contribution < -0.4 is 9.47 Å². The van der Waals surface area contributed by atoms with Gasteiger partial charge in [-0.05, 0) is 134 Å². The minimum atomic E-state index is -4.41. The van der Waals surface area contributed by atoms with Crippen molar-refractivity contribution >= 4 is 95.8 Å². The van der Waals surface area contributed by atoms with Crippen molar-refractivity contribution in [3.63, 3.8) is 0 Å². The molecule has 2 N–H and O–H groups in total. The van der Waals surface area contributed by atoms with E-state index in [1.54, 1.807) is 6.07 Å². The molecule has 0 aliphatic heterocycles. The van der Waals surface area contributed by atoms with Gasteiger partial charge in [0.1, 0.15) is 42.8 Å². The number of carboxylic acid groups (broad SMARTS) is 1. The molecule has 4 aliphatic carbocycles. The molecule has 50 heavy (non-hydrogen) atoms. The number of benzene rings is 3. The summed E-state index contributed by atoms with van der Waals surface area (Å²) in [6.07, 6.45) is 4.08. The molecule has 0 heterocycles. The minimum absolute atomic E-state index is 0.00866. The third-order valence-electron chi connectivity index (χ3n) is 9.81. The van der Waals surface area contributed by atoms with Gasteiger partial charge >= 0.3 is 17.9 Å². The van der Waals surface area contributed by atoms with Gasteiger partial charge in [-0.25, -0.2) is 4.79 Å². The summed E-state index contributed by atoms with van der Waals surface area (Å²) >= 11 is 5.62. The number of carbonyl (C=O) groups excluding carboxylic acids is 2. The van der Waals surface area contributed by atoms with Crippen LogP contribution in [-0.4, -0.2) is 62.4 Å². The van der Waals surface area contributed by atoms with Crippen molar-refractivity contribution in [1.82, 2.24) is 0 Å². The van der Waals surface area contributed by atoms with Gasteiger partial charge in [0.2, 0.25) is 0 Å². The molecule has 0 aromatic heterocycles. The summed E-state index contributed by atoms with van der Waals surface area (Å²) in [5, 5.41) is 9.23. The van der Waals surface area contributed by atoms with Crippen LogP contribution in [0.2, 0.25) is 0 Å². The van der Waals surface area contributed by atoms with E-state index in [1.807, 2.05) is 79.9 Å². The fraction of sp³-hybridized carbons (Fsp3) is 0.400. The van der Waals surface area contributed by atoms with Crippen molar-refractivity contribution in [2.75, 3.05) is 26.4 Å². The van der Waals surface area contributed by atoms with E-state index in [9.17, 15) is 32.5 Å². The van der Waals surface area contributed by atoms with Crippen molar-refractivity contribution in [2.45, 2.75) is 42.4 Å². The van der Waals surface area contributed by atoms with Crippen LogP contribution in [0.15, 0.2) is 59.5 Å². The Morgan fingerprint density at radius 2 is 1.24 bits per heavy atom. The van der Waals surface area contributed by atoms with Gasteiger partial charge in [0.25, 0.3) is 10.1 Å². The Kier molecular flexibility index (Phi) is 11.9. The number of aromatic carboxylic acids is 1. The highest BCUT2D eigenvalue weighted by Crippen LogP contribution is 2.64. The van der Waals surface area contributed by atoms with Gasteiger partial charge in [0, 0.05) is 19.0 Å². The first kappa shape index (κ1) is 37.5. The highest BCUT2D eigenvalue weighted by atomic mass is 127. The first-order valence-electron chi connectivity index (χ1n) is 16.0. The Bertz CT molecular complexity index is 1890. The monoisotopic (exact) mass is 1040 g/mol. The molecule has 0 amide bonds. The molecule has 0 radical (unpaired) electrons. The molecule has 2 bridgehead atoms. The lowest BCUT2D eigenvalue weighted by atomic mass is 9.46. The summed E-state index contributed by atoms with van der Waals surface area (Å²) in [5.41, 5.74) is 2.33. The molecule has 266 valence electrons. The Labute approximate surface area is 330 Å². The van der Waals surface area contributed by atoms with Gasteiger partial charge in [-0.15, -0.1) is 0 Å². The maximum absolute atomic E-state index is 14.0. The summed E-state index contributed by atoms with van der Waals surface area (Å²) in [4.78, 5) is 39.1. The van der Waals surface area contributed by atoms with Crippen molar-refractivity contribution in [3.05, 3.63) is 82.0 Å². The SMILES string of the molecule is O=C(O)c1ccc(OCCOC(=O)C2C(C(=O)OCCOc3cc(I)c(S(=O)(=O)O)c(I)c3)C3c4ccccc4C2C2CCCCC23)c(I)c1. The lowest BCUT2D eigenvalue weighted by molar-refractivity contribution is -0.171. The van der Waals surface area contributed by atoms with Crippen LogP contribution in [0.3, 0.4) is 0 Å². The maximum atomic E-state index is 14.0. The third kappa shape index (κ3) is 7.75. The predicted octanol–water partition coefficient (Wildman–Crippen LogP) is 6.92. The smallest absolute Gasteiger partial charge is 0.335 e. The quantitative estimate of drug-likeness (QED) is 0.0839. The number of ether oxygens (including phenoxy) is 4. The summed E-state index contributed by atoms with van der Waals surface area (Å²) in [7, 11) is -4.41. The molecule has 2 fully saturated rings. The van der Waals surface area contributed by atoms with E-state index in [-0.39, 0.29) is 60.6 Å². The third-order valence-corrected chi connectivity index (χ3v) is 14.0. The number of rotatable bonds is 12. The maximum Gasteiger partial charge on any atom is 0.335 e. The number of carboxylic acids is 1. The van der Waals surface area contributed by atoms with Gasteiger partial charge < -0.3 is 24.1 Å². The van der Waals surface area contributed by atoms with Crippen molar-refractivity contribution in [3.8, 4) is 11.5 Å². The van der Waals surface area contributed by atoms with E-state index in [4.69, 9.17) is 18.9 Å². The normalized spacial score (nSPS) is 23.7. The predicted molar refractivity (Wildman–Crippen MR) is 205 cm³/mol. The molecule has 15 heteroatoms. The molecule has 11 nitrogen and oxygen atoms in total. The topological polar surface area (TPSA) is 163 Å². The summed E-state index contributed by atoms with van der Waals surface area (Å²) in [6.45, 7) is -0.105. The zero-order valence-corrected chi connectivity index (χ0v) is 33.7. The molecule has 0 saturated heterocycles. The molecule has 6 unspecified atom stereocenters. The second kappa shape index (κ2) is 15.8. The number of carbonyl (C=O) groups is 3. The van der Waals surface area contributed by atoms with E-state index in [2.05, 4.69) is 12.1 Å². The number of hydrogen-bond acceptors (Lipinski definition) is 9. The molecular formula is C35H33I3O11S. The molecule has 0 spiro atoms. The Morgan fingerprint density at radius 3 is 1.72 bits per heavy atom. The number of fused-ring (bicyclic) bond motifs is 1.